The molecule has 8 heteroatoms. The molecule has 0 saturated heterocycles. The second kappa shape index (κ2) is 6.55. The zero-order valence-corrected chi connectivity index (χ0v) is 12.7. The Morgan fingerprint density at radius 2 is 1.82 bits per heavy atom. The average Bonchev–Trinajstić information content (AvgIpc) is 3.27. The maximum Gasteiger partial charge on any atom is 0.417 e. The molecule has 0 atom stereocenters. The van der Waals surface area contributed by atoms with Gasteiger partial charge in [0.1, 0.15) is 0 Å². The van der Waals surface area contributed by atoms with E-state index >= 15 is 0 Å². The lowest BCUT2D eigenvalue weighted by Crippen LogP contribution is -2.35. The van der Waals surface area contributed by atoms with Gasteiger partial charge in [0.2, 0.25) is 10.0 Å². The van der Waals surface area contributed by atoms with Crippen LogP contribution in [0.5, 0.6) is 0 Å². The number of benzene rings is 1. The van der Waals surface area contributed by atoms with Crippen molar-refractivity contribution in [3.8, 4) is 0 Å². The predicted octanol–water partition coefficient (Wildman–Crippen LogP) is 2.63. The molecule has 0 amide bonds. The van der Waals surface area contributed by atoms with E-state index in [1.165, 1.54) is 12.1 Å². The minimum absolute atomic E-state index is 0.0717. The molecule has 1 aromatic rings. The highest BCUT2D eigenvalue weighted by Gasteiger charge is 2.42. The van der Waals surface area contributed by atoms with Crippen LogP contribution in [0.4, 0.5) is 13.2 Å². The van der Waals surface area contributed by atoms with E-state index in [-0.39, 0.29) is 19.2 Å². The first-order chi connectivity index (χ1) is 10.3. The largest absolute Gasteiger partial charge is 0.417 e. The molecule has 0 unspecified atom stereocenters. The van der Waals surface area contributed by atoms with E-state index in [1.807, 2.05) is 0 Å². The minimum atomic E-state index is -4.72. The monoisotopic (exact) mass is 337 g/mol. The van der Waals surface area contributed by atoms with Gasteiger partial charge < -0.3 is 5.11 Å². The van der Waals surface area contributed by atoms with Crippen molar-refractivity contribution >= 4 is 10.0 Å². The van der Waals surface area contributed by atoms with Crippen LogP contribution in [0.2, 0.25) is 0 Å². The fourth-order valence-electron chi connectivity index (χ4n) is 2.29. The minimum Gasteiger partial charge on any atom is -0.396 e. The molecule has 2 rings (SSSR count). The molecule has 0 aliphatic heterocycles. The number of unbranched alkanes of at least 4 members (excludes halogenated alkanes) is 1. The summed E-state index contributed by atoms with van der Waals surface area (Å²) in [5, 5.41) is 8.79. The molecular weight excluding hydrogens is 319 g/mol. The third-order valence-corrected chi connectivity index (χ3v) is 5.53. The normalized spacial score (nSPS) is 16.2. The Hall–Kier alpha value is -1.12. The van der Waals surface area contributed by atoms with E-state index in [0.717, 1.165) is 16.4 Å². The lowest BCUT2D eigenvalue weighted by atomic mass is 10.2. The fourth-order valence-corrected chi connectivity index (χ4v) is 4.23. The zero-order chi connectivity index (χ0) is 16.4. The highest BCUT2D eigenvalue weighted by atomic mass is 32.2. The number of rotatable bonds is 7. The van der Waals surface area contributed by atoms with Crippen molar-refractivity contribution in [2.24, 2.45) is 0 Å². The van der Waals surface area contributed by atoms with Gasteiger partial charge in [0.05, 0.1) is 10.5 Å². The molecule has 4 nitrogen and oxygen atoms in total. The molecule has 0 aromatic heterocycles. The fraction of sp³-hybridized carbons (Fsp3) is 0.571. The molecule has 0 spiro atoms. The van der Waals surface area contributed by atoms with E-state index in [9.17, 15) is 21.6 Å². The van der Waals surface area contributed by atoms with Crippen LogP contribution in [-0.2, 0) is 16.2 Å². The lowest BCUT2D eigenvalue weighted by Gasteiger charge is -2.23. The van der Waals surface area contributed by atoms with Gasteiger partial charge in [0.15, 0.2) is 0 Å². The van der Waals surface area contributed by atoms with Gasteiger partial charge in [-0.25, -0.2) is 8.42 Å². The molecule has 1 N–H and O–H groups in total. The predicted molar refractivity (Wildman–Crippen MR) is 74.7 cm³/mol. The average molecular weight is 337 g/mol. The van der Waals surface area contributed by atoms with E-state index in [0.29, 0.717) is 25.7 Å². The highest BCUT2D eigenvalue weighted by Crippen LogP contribution is 2.38. The summed E-state index contributed by atoms with van der Waals surface area (Å²) >= 11 is 0. The van der Waals surface area contributed by atoms with E-state index in [4.69, 9.17) is 5.11 Å². The van der Waals surface area contributed by atoms with Gasteiger partial charge in [-0.05, 0) is 37.8 Å². The maximum absolute atomic E-state index is 13.0. The van der Waals surface area contributed by atoms with Crippen LogP contribution in [0.25, 0.3) is 0 Å². The Morgan fingerprint density at radius 3 is 2.36 bits per heavy atom. The van der Waals surface area contributed by atoms with Crippen LogP contribution >= 0.6 is 0 Å². The Labute approximate surface area is 127 Å². The molecule has 0 heterocycles. The van der Waals surface area contributed by atoms with Crippen molar-refractivity contribution < 1.29 is 26.7 Å². The molecule has 0 bridgehead atoms. The van der Waals surface area contributed by atoms with Crippen LogP contribution in [0.1, 0.15) is 31.2 Å². The highest BCUT2D eigenvalue weighted by molar-refractivity contribution is 7.89. The van der Waals surface area contributed by atoms with Crippen LogP contribution in [0, 0.1) is 0 Å². The number of sulfonamides is 1. The first-order valence-electron chi connectivity index (χ1n) is 7.07. The van der Waals surface area contributed by atoms with Crippen LogP contribution < -0.4 is 0 Å². The number of alkyl halides is 3. The molecule has 1 fully saturated rings. The SMILES string of the molecule is O=S(=O)(c1ccccc1C(F)(F)F)N(CCCCO)C1CC1. The van der Waals surface area contributed by atoms with Crippen molar-refractivity contribution in [3.05, 3.63) is 29.8 Å². The molecule has 1 aliphatic rings. The second-order valence-electron chi connectivity index (χ2n) is 5.27. The summed E-state index contributed by atoms with van der Waals surface area (Å²) in [5.74, 6) is 0. The molecule has 0 radical (unpaired) electrons. The summed E-state index contributed by atoms with van der Waals surface area (Å²) in [6.45, 7) is 0.0530. The summed E-state index contributed by atoms with van der Waals surface area (Å²) in [4.78, 5) is -0.696. The Bertz CT molecular complexity index is 612. The van der Waals surface area contributed by atoms with E-state index < -0.39 is 26.7 Å². The van der Waals surface area contributed by atoms with Gasteiger partial charge in [-0.2, -0.15) is 17.5 Å². The first-order valence-corrected chi connectivity index (χ1v) is 8.51. The van der Waals surface area contributed by atoms with Crippen molar-refractivity contribution in [1.29, 1.82) is 0 Å². The Morgan fingerprint density at radius 1 is 1.18 bits per heavy atom. The summed E-state index contributed by atoms with van der Waals surface area (Å²) in [7, 11) is -4.20. The number of nitrogens with zero attached hydrogens (tertiary/aromatic N) is 1. The summed E-state index contributed by atoms with van der Waals surface area (Å²) in [6, 6.07) is 4.02. The molecule has 1 aromatic carbocycles. The maximum atomic E-state index is 13.0. The van der Waals surface area contributed by atoms with Crippen molar-refractivity contribution in [2.45, 2.75) is 42.8 Å². The van der Waals surface area contributed by atoms with Gasteiger partial charge in [-0.1, -0.05) is 12.1 Å². The number of hydrogen-bond donors (Lipinski definition) is 1. The third-order valence-electron chi connectivity index (χ3n) is 3.52. The van der Waals surface area contributed by atoms with Gasteiger partial charge in [0.25, 0.3) is 0 Å². The van der Waals surface area contributed by atoms with Gasteiger partial charge >= 0.3 is 6.18 Å². The summed E-state index contributed by atoms with van der Waals surface area (Å²) < 4.78 is 65.6. The van der Waals surface area contributed by atoms with Crippen molar-refractivity contribution in [2.75, 3.05) is 13.2 Å². The van der Waals surface area contributed by atoms with Crippen molar-refractivity contribution in [3.63, 3.8) is 0 Å². The van der Waals surface area contributed by atoms with Gasteiger partial charge in [-0.15, -0.1) is 0 Å². The van der Waals surface area contributed by atoms with E-state index in [2.05, 4.69) is 0 Å². The van der Waals surface area contributed by atoms with Gasteiger partial charge in [-0.3, -0.25) is 0 Å². The molecular formula is C14H18F3NO3S. The number of hydrogen-bond acceptors (Lipinski definition) is 3. The third kappa shape index (κ3) is 3.80. The quantitative estimate of drug-likeness (QED) is 0.778. The lowest BCUT2D eigenvalue weighted by molar-refractivity contribution is -0.139. The zero-order valence-electron chi connectivity index (χ0n) is 11.9. The molecule has 1 aliphatic carbocycles. The Kier molecular flexibility index (Phi) is 5.14. The van der Waals surface area contributed by atoms with Gasteiger partial charge in [0, 0.05) is 19.2 Å². The van der Waals surface area contributed by atoms with Crippen LogP contribution in [0.3, 0.4) is 0 Å². The van der Waals surface area contributed by atoms with Crippen LogP contribution in [0.15, 0.2) is 29.2 Å². The standard InChI is InChI=1S/C14H18F3NO3S/c15-14(16,17)12-5-1-2-6-13(12)22(20,21)18(11-7-8-11)9-3-4-10-19/h1-2,5-6,11,19H,3-4,7-10H2. The second-order valence-corrected chi connectivity index (χ2v) is 7.13. The number of aliphatic hydroxyl groups excluding tert-OH is 1. The Balaban J connectivity index is 2.36. The van der Waals surface area contributed by atoms with E-state index in [1.54, 1.807) is 0 Å². The smallest absolute Gasteiger partial charge is 0.396 e. The molecule has 124 valence electrons. The van der Waals surface area contributed by atoms with Crippen LogP contribution in [-0.4, -0.2) is 37.0 Å². The number of halogens is 3. The summed E-state index contributed by atoms with van der Waals surface area (Å²) in [6.07, 6.45) is -2.57. The molecule has 22 heavy (non-hydrogen) atoms. The number of aliphatic hydroxyl groups is 1. The topological polar surface area (TPSA) is 57.6 Å². The summed E-state index contributed by atoms with van der Waals surface area (Å²) in [5.41, 5.74) is -1.14. The first kappa shape index (κ1) is 17.2. The van der Waals surface area contributed by atoms with Crippen molar-refractivity contribution in [1.82, 2.24) is 4.31 Å². The molecule has 1 saturated carbocycles.